The Morgan fingerprint density at radius 2 is 2.23 bits per heavy atom. The van der Waals surface area contributed by atoms with Crippen LogP contribution < -0.4 is 15.9 Å². The number of aromatic hydroxyl groups is 1. The Morgan fingerprint density at radius 3 is 2.94 bits per heavy atom. The second-order valence-electron chi connectivity index (χ2n) is 7.94. The SMILES string of the molecule is CCOc1cc(/C=N\NC(=O)c2nnn(-c3nonc3N)c2CN2CCCCC2C)ccc1O.Cl. The number of aromatic nitrogens is 5. The Kier molecular flexibility index (Phi) is 8.60. The summed E-state index contributed by atoms with van der Waals surface area (Å²) >= 11 is 0. The molecule has 0 bridgehead atoms. The number of benzene rings is 1. The third-order valence-corrected chi connectivity index (χ3v) is 5.63. The van der Waals surface area contributed by atoms with Gasteiger partial charge >= 0.3 is 0 Å². The fourth-order valence-electron chi connectivity index (χ4n) is 3.81. The summed E-state index contributed by atoms with van der Waals surface area (Å²) in [7, 11) is 0. The molecule has 4 N–H and O–H groups in total. The van der Waals surface area contributed by atoms with E-state index in [0.29, 0.717) is 36.2 Å². The second kappa shape index (κ2) is 11.6. The molecular weight excluding hydrogens is 478 g/mol. The van der Waals surface area contributed by atoms with Gasteiger partial charge in [0.2, 0.25) is 11.6 Å². The molecule has 1 saturated heterocycles. The summed E-state index contributed by atoms with van der Waals surface area (Å²) in [6, 6.07) is 5.10. The van der Waals surface area contributed by atoms with Crippen LogP contribution in [-0.4, -0.2) is 66.6 Å². The van der Waals surface area contributed by atoms with E-state index in [2.05, 4.69) is 43.0 Å². The van der Waals surface area contributed by atoms with E-state index in [1.54, 1.807) is 12.1 Å². The van der Waals surface area contributed by atoms with Crippen LogP contribution in [0.1, 0.15) is 54.9 Å². The zero-order valence-electron chi connectivity index (χ0n) is 19.4. The van der Waals surface area contributed by atoms with Crippen LogP contribution in [0, 0.1) is 0 Å². The molecule has 1 unspecified atom stereocenters. The largest absolute Gasteiger partial charge is 0.504 e. The number of nitrogens with one attached hydrogen (secondary N) is 1. The Labute approximate surface area is 207 Å². The summed E-state index contributed by atoms with van der Waals surface area (Å²) in [6.45, 7) is 5.68. The molecule has 1 aliphatic heterocycles. The lowest BCUT2D eigenvalue weighted by molar-refractivity contribution is 0.0945. The Balaban J connectivity index is 0.00000342. The van der Waals surface area contributed by atoms with Crippen molar-refractivity contribution in [3.8, 4) is 17.3 Å². The number of rotatable bonds is 8. The molecule has 3 aromatic rings. The fourth-order valence-corrected chi connectivity index (χ4v) is 3.81. The predicted molar refractivity (Wildman–Crippen MR) is 129 cm³/mol. The number of phenols is 1. The van der Waals surface area contributed by atoms with Crippen molar-refractivity contribution < 1.29 is 19.3 Å². The molecule has 1 fully saturated rings. The Hall–Kier alpha value is -3.71. The number of hydrogen-bond acceptors (Lipinski definition) is 11. The lowest BCUT2D eigenvalue weighted by Crippen LogP contribution is -2.38. The van der Waals surface area contributed by atoms with E-state index in [9.17, 15) is 9.90 Å². The molecule has 3 heterocycles. The Morgan fingerprint density at radius 1 is 1.40 bits per heavy atom. The molecule has 0 radical (unpaired) electrons. The first-order valence-electron chi connectivity index (χ1n) is 11.0. The minimum atomic E-state index is -0.541. The van der Waals surface area contributed by atoms with Gasteiger partial charge in [0.25, 0.3) is 5.91 Å². The molecule has 1 aliphatic rings. The van der Waals surface area contributed by atoms with Crippen molar-refractivity contribution in [1.29, 1.82) is 0 Å². The molecule has 0 spiro atoms. The van der Waals surface area contributed by atoms with Crippen LogP contribution in [0.2, 0.25) is 0 Å². The van der Waals surface area contributed by atoms with Crippen LogP contribution in [-0.2, 0) is 6.54 Å². The second-order valence-corrected chi connectivity index (χ2v) is 7.94. The first kappa shape index (κ1) is 25.9. The van der Waals surface area contributed by atoms with Crippen molar-refractivity contribution in [3.05, 3.63) is 35.2 Å². The lowest BCUT2D eigenvalue weighted by Gasteiger charge is -2.33. The minimum Gasteiger partial charge on any atom is -0.504 e. The highest BCUT2D eigenvalue weighted by atomic mass is 35.5. The average molecular weight is 506 g/mol. The van der Waals surface area contributed by atoms with Crippen molar-refractivity contribution in [2.45, 2.75) is 45.7 Å². The molecule has 1 atom stereocenters. The van der Waals surface area contributed by atoms with Crippen molar-refractivity contribution in [1.82, 2.24) is 35.6 Å². The van der Waals surface area contributed by atoms with E-state index in [1.807, 2.05) is 6.92 Å². The normalized spacial score (nSPS) is 16.2. The van der Waals surface area contributed by atoms with Crippen molar-refractivity contribution in [2.24, 2.45) is 5.10 Å². The summed E-state index contributed by atoms with van der Waals surface area (Å²) in [5, 5.41) is 29.4. The van der Waals surface area contributed by atoms with Crippen LogP contribution in [0.5, 0.6) is 11.5 Å². The maximum atomic E-state index is 13.0. The number of phenolic OH excluding ortho intramolecular Hbond substituents is 1. The van der Waals surface area contributed by atoms with Crippen LogP contribution in [0.3, 0.4) is 0 Å². The summed E-state index contributed by atoms with van der Waals surface area (Å²) in [5.41, 5.74) is 9.57. The van der Waals surface area contributed by atoms with Gasteiger partial charge in [-0.05, 0) is 67.3 Å². The number of ether oxygens (including phenoxy) is 1. The van der Waals surface area contributed by atoms with Gasteiger partial charge in [0, 0.05) is 12.6 Å². The maximum absolute atomic E-state index is 13.0. The minimum absolute atomic E-state index is 0. The lowest BCUT2D eigenvalue weighted by atomic mass is 10.0. The van der Waals surface area contributed by atoms with E-state index in [0.717, 1.165) is 19.4 Å². The monoisotopic (exact) mass is 505 g/mol. The van der Waals surface area contributed by atoms with Crippen LogP contribution in [0.4, 0.5) is 5.82 Å². The molecule has 188 valence electrons. The van der Waals surface area contributed by atoms with Crippen molar-refractivity contribution >= 4 is 30.3 Å². The Bertz CT molecular complexity index is 1180. The summed E-state index contributed by atoms with van der Waals surface area (Å²) < 4.78 is 11.4. The van der Waals surface area contributed by atoms with Gasteiger partial charge < -0.3 is 15.6 Å². The van der Waals surface area contributed by atoms with Crippen molar-refractivity contribution in [2.75, 3.05) is 18.9 Å². The molecule has 0 aliphatic carbocycles. The highest BCUT2D eigenvalue weighted by molar-refractivity contribution is 5.94. The smallest absolute Gasteiger partial charge is 0.293 e. The van der Waals surface area contributed by atoms with E-state index in [-0.39, 0.29) is 35.5 Å². The number of halogens is 1. The third-order valence-electron chi connectivity index (χ3n) is 5.63. The molecule has 0 saturated carbocycles. The number of hydrazone groups is 1. The highest BCUT2D eigenvalue weighted by Gasteiger charge is 2.28. The maximum Gasteiger partial charge on any atom is 0.293 e. The summed E-state index contributed by atoms with van der Waals surface area (Å²) in [4.78, 5) is 15.2. The number of hydrogen-bond donors (Lipinski definition) is 3. The number of nitrogens with two attached hydrogens (primary N) is 1. The highest BCUT2D eigenvalue weighted by Crippen LogP contribution is 2.26. The number of carbonyl (C=O) groups excluding carboxylic acids is 1. The number of carbonyl (C=O) groups is 1. The third kappa shape index (κ3) is 5.87. The number of amides is 1. The quantitative estimate of drug-likeness (QED) is 0.303. The van der Waals surface area contributed by atoms with Crippen LogP contribution in [0.15, 0.2) is 27.9 Å². The molecule has 13 nitrogen and oxygen atoms in total. The number of anilines is 1. The number of nitrogen functional groups attached to an aromatic ring is 1. The topological polar surface area (TPSA) is 170 Å². The first-order chi connectivity index (χ1) is 16.5. The average Bonchev–Trinajstić information content (AvgIpc) is 3.43. The molecule has 14 heteroatoms. The predicted octanol–water partition coefficient (Wildman–Crippen LogP) is 1.90. The standard InChI is InChI=1S/C21H27N9O4.ClH/c1-3-33-17-10-14(7-8-16(17)31)11-23-25-21(32)18-15(12-29-9-5-4-6-13(29)2)30(28-24-18)20-19(22)26-34-27-20;/h7-8,10-11,13,31H,3-6,9,12H2,1-2H3,(H2,22,26)(H,25,32);1H/b23-11-;. The van der Waals surface area contributed by atoms with Gasteiger partial charge in [-0.1, -0.05) is 11.6 Å². The van der Waals surface area contributed by atoms with Crippen molar-refractivity contribution in [3.63, 3.8) is 0 Å². The zero-order valence-corrected chi connectivity index (χ0v) is 20.2. The van der Waals surface area contributed by atoms with E-state index in [4.69, 9.17) is 15.1 Å². The molecule has 1 amide bonds. The molecule has 35 heavy (non-hydrogen) atoms. The molecule has 1 aromatic carbocycles. The number of likely N-dealkylation sites (tertiary alicyclic amines) is 1. The van der Waals surface area contributed by atoms with Gasteiger partial charge in [-0.2, -0.15) is 9.78 Å². The van der Waals surface area contributed by atoms with Gasteiger partial charge in [-0.25, -0.2) is 10.1 Å². The summed E-state index contributed by atoms with van der Waals surface area (Å²) in [5.74, 6) is 0.0267. The molecular formula is C21H28ClN9O4. The van der Waals surface area contributed by atoms with E-state index >= 15 is 0 Å². The number of piperidine rings is 1. The van der Waals surface area contributed by atoms with E-state index < -0.39 is 5.91 Å². The van der Waals surface area contributed by atoms with Gasteiger partial charge in [-0.15, -0.1) is 17.5 Å². The fraction of sp³-hybridized carbons (Fsp3) is 0.429. The number of nitrogens with zero attached hydrogens (tertiary/aromatic N) is 7. The first-order valence-corrected chi connectivity index (χ1v) is 11.0. The van der Waals surface area contributed by atoms with Gasteiger partial charge in [0.15, 0.2) is 17.2 Å². The van der Waals surface area contributed by atoms with Gasteiger partial charge in [-0.3, -0.25) is 9.69 Å². The van der Waals surface area contributed by atoms with Crippen LogP contribution in [0.25, 0.3) is 5.82 Å². The zero-order chi connectivity index (χ0) is 24.1. The van der Waals surface area contributed by atoms with E-state index in [1.165, 1.54) is 23.4 Å². The molecule has 2 aromatic heterocycles. The summed E-state index contributed by atoms with van der Waals surface area (Å²) in [6.07, 6.45) is 4.75. The van der Waals surface area contributed by atoms with Gasteiger partial charge in [0.05, 0.1) is 18.5 Å². The van der Waals surface area contributed by atoms with Crippen LogP contribution >= 0.6 is 12.4 Å². The molecule has 4 rings (SSSR count). The van der Waals surface area contributed by atoms with Gasteiger partial charge in [0.1, 0.15) is 0 Å².